The number of rotatable bonds is 6. The molecule has 140 valence electrons. The average Bonchev–Trinajstić information content (AvgIpc) is 3.03. The predicted molar refractivity (Wildman–Crippen MR) is 96.7 cm³/mol. The average molecular weight is 379 g/mol. The Bertz CT molecular complexity index is 769. The van der Waals surface area contributed by atoms with Crippen molar-refractivity contribution in [2.75, 3.05) is 25.5 Å². The van der Waals surface area contributed by atoms with Crippen molar-refractivity contribution in [3.05, 3.63) is 28.9 Å². The van der Waals surface area contributed by atoms with Crippen LogP contribution in [0.15, 0.2) is 12.4 Å². The van der Waals surface area contributed by atoms with Gasteiger partial charge in [0.05, 0.1) is 13.3 Å². The van der Waals surface area contributed by atoms with Crippen LogP contribution in [-0.4, -0.2) is 46.0 Å². The van der Waals surface area contributed by atoms with E-state index in [0.717, 1.165) is 37.4 Å². The molecule has 0 bridgehead atoms. The van der Waals surface area contributed by atoms with Crippen LogP contribution in [0, 0.1) is 11.7 Å². The van der Waals surface area contributed by atoms with Crippen molar-refractivity contribution in [1.29, 1.82) is 0 Å². The second-order valence-corrected chi connectivity index (χ2v) is 7.52. The highest BCUT2D eigenvalue weighted by Crippen LogP contribution is 2.25. The van der Waals surface area contributed by atoms with E-state index in [1.165, 1.54) is 31.6 Å². The highest BCUT2D eigenvalue weighted by atomic mass is 32.1. The maximum Gasteiger partial charge on any atom is 0.253 e. The molecule has 3 heterocycles. The van der Waals surface area contributed by atoms with Crippen molar-refractivity contribution in [2.24, 2.45) is 5.92 Å². The summed E-state index contributed by atoms with van der Waals surface area (Å²) in [5.41, 5.74) is 0. The summed E-state index contributed by atoms with van der Waals surface area (Å²) >= 11 is 1.50. The zero-order valence-electron chi connectivity index (χ0n) is 14.9. The second-order valence-electron chi connectivity index (χ2n) is 6.40. The first-order chi connectivity index (χ1) is 12.5. The van der Waals surface area contributed by atoms with Gasteiger partial charge in [0, 0.05) is 37.5 Å². The van der Waals surface area contributed by atoms with E-state index < -0.39 is 5.82 Å². The molecule has 1 amide bonds. The molecule has 0 saturated carbocycles. The van der Waals surface area contributed by atoms with Gasteiger partial charge in [-0.25, -0.2) is 9.97 Å². The number of methoxy groups -OCH3 is 1. The smallest absolute Gasteiger partial charge is 0.253 e. The summed E-state index contributed by atoms with van der Waals surface area (Å²) < 4.78 is 18.4. The monoisotopic (exact) mass is 379 g/mol. The molecule has 9 heteroatoms. The summed E-state index contributed by atoms with van der Waals surface area (Å²) in [7, 11) is 1.40. The number of carbonyl (C=O) groups excluding carboxylic acids is 1. The number of nitrogens with zero attached hydrogens (tertiary/aromatic N) is 4. The first-order valence-corrected chi connectivity index (χ1v) is 9.35. The number of ether oxygens (including phenoxy) is 1. The number of carbonyl (C=O) groups is 1. The van der Waals surface area contributed by atoms with Crippen LogP contribution in [0.3, 0.4) is 0 Å². The van der Waals surface area contributed by atoms with Gasteiger partial charge in [0.2, 0.25) is 11.7 Å². The Morgan fingerprint density at radius 1 is 1.46 bits per heavy atom. The zero-order valence-corrected chi connectivity index (χ0v) is 15.7. The van der Waals surface area contributed by atoms with Gasteiger partial charge in [-0.3, -0.25) is 9.69 Å². The van der Waals surface area contributed by atoms with E-state index in [2.05, 4.69) is 25.2 Å². The lowest BCUT2D eigenvalue weighted by Gasteiger charge is -2.32. The standard InChI is InChI=1S/C17H22FN5O2S/c1-11(24)21-17-20-7-13(26-17)10-23-5-3-4-12(9-23)6-15-19-8-14(18)16(22-15)25-2/h7-8,12H,3-6,9-10H2,1-2H3,(H,20,21,24). The molecule has 0 radical (unpaired) electrons. The molecule has 1 N–H and O–H groups in total. The van der Waals surface area contributed by atoms with Gasteiger partial charge >= 0.3 is 0 Å². The fourth-order valence-electron chi connectivity index (χ4n) is 3.16. The van der Waals surface area contributed by atoms with E-state index in [0.29, 0.717) is 23.3 Å². The molecule has 1 fully saturated rings. The molecule has 2 aromatic rings. The van der Waals surface area contributed by atoms with Crippen LogP contribution in [0.1, 0.15) is 30.5 Å². The fraction of sp³-hybridized carbons (Fsp3) is 0.529. The lowest BCUT2D eigenvalue weighted by molar-refractivity contribution is -0.114. The van der Waals surface area contributed by atoms with Gasteiger partial charge in [-0.15, -0.1) is 11.3 Å². The lowest BCUT2D eigenvalue weighted by atomic mass is 9.94. The minimum absolute atomic E-state index is 0.00201. The number of thiazole rings is 1. The molecule has 0 aliphatic carbocycles. The number of amides is 1. The Morgan fingerprint density at radius 3 is 3.08 bits per heavy atom. The van der Waals surface area contributed by atoms with E-state index in [-0.39, 0.29) is 11.8 Å². The first kappa shape index (κ1) is 18.7. The third kappa shape index (κ3) is 4.95. The summed E-state index contributed by atoms with van der Waals surface area (Å²) in [5, 5.41) is 3.34. The number of hydrogen-bond acceptors (Lipinski definition) is 7. The second kappa shape index (κ2) is 8.50. The maximum absolute atomic E-state index is 13.4. The number of anilines is 1. The van der Waals surface area contributed by atoms with Crippen LogP contribution < -0.4 is 10.1 Å². The molecule has 1 aliphatic rings. The number of piperidine rings is 1. The van der Waals surface area contributed by atoms with Crippen LogP contribution in [-0.2, 0) is 17.8 Å². The number of nitrogens with one attached hydrogen (secondary N) is 1. The van der Waals surface area contributed by atoms with Gasteiger partial charge in [-0.1, -0.05) is 0 Å². The zero-order chi connectivity index (χ0) is 18.5. The highest BCUT2D eigenvalue weighted by Gasteiger charge is 2.22. The molecule has 1 unspecified atom stereocenters. The third-order valence-corrected chi connectivity index (χ3v) is 5.14. The SMILES string of the molecule is COc1nc(CC2CCCN(Cc3cnc(NC(C)=O)s3)C2)ncc1F. The van der Waals surface area contributed by atoms with E-state index in [1.54, 1.807) is 0 Å². The van der Waals surface area contributed by atoms with Gasteiger partial charge in [-0.05, 0) is 25.3 Å². The molecular weight excluding hydrogens is 357 g/mol. The van der Waals surface area contributed by atoms with Gasteiger partial charge in [0.1, 0.15) is 5.82 Å². The topological polar surface area (TPSA) is 80.2 Å². The van der Waals surface area contributed by atoms with E-state index in [9.17, 15) is 9.18 Å². The molecular formula is C17H22FN5O2S. The largest absolute Gasteiger partial charge is 0.479 e. The molecule has 3 rings (SSSR count). The van der Waals surface area contributed by atoms with Crippen molar-refractivity contribution in [3.63, 3.8) is 0 Å². The summed E-state index contributed by atoms with van der Waals surface area (Å²) in [6.45, 7) is 4.23. The first-order valence-electron chi connectivity index (χ1n) is 8.53. The molecule has 26 heavy (non-hydrogen) atoms. The third-order valence-electron chi connectivity index (χ3n) is 4.25. The summed E-state index contributed by atoms with van der Waals surface area (Å²) in [4.78, 5) is 27.1. The van der Waals surface area contributed by atoms with Crippen molar-refractivity contribution in [2.45, 2.75) is 32.7 Å². The summed E-state index contributed by atoms with van der Waals surface area (Å²) in [6.07, 6.45) is 5.88. The van der Waals surface area contributed by atoms with E-state index in [4.69, 9.17) is 4.74 Å². The van der Waals surface area contributed by atoms with Gasteiger partial charge in [-0.2, -0.15) is 9.37 Å². The van der Waals surface area contributed by atoms with E-state index in [1.807, 2.05) is 6.20 Å². The number of hydrogen-bond donors (Lipinski definition) is 1. The van der Waals surface area contributed by atoms with Gasteiger partial charge in [0.25, 0.3) is 5.88 Å². The lowest BCUT2D eigenvalue weighted by Crippen LogP contribution is -2.35. The van der Waals surface area contributed by atoms with Gasteiger partial charge < -0.3 is 10.1 Å². The summed E-state index contributed by atoms with van der Waals surface area (Å²) in [6, 6.07) is 0. The Kier molecular flexibility index (Phi) is 6.10. The Balaban J connectivity index is 1.57. The highest BCUT2D eigenvalue weighted by molar-refractivity contribution is 7.15. The van der Waals surface area contributed by atoms with Crippen molar-refractivity contribution in [1.82, 2.24) is 19.9 Å². The molecule has 1 atom stereocenters. The fourth-order valence-corrected chi connectivity index (χ4v) is 4.06. The van der Waals surface area contributed by atoms with E-state index >= 15 is 0 Å². The molecule has 0 spiro atoms. The van der Waals surface area contributed by atoms with Crippen molar-refractivity contribution < 1.29 is 13.9 Å². The Morgan fingerprint density at radius 2 is 2.31 bits per heavy atom. The molecule has 1 saturated heterocycles. The van der Waals surface area contributed by atoms with Crippen LogP contribution >= 0.6 is 11.3 Å². The predicted octanol–water partition coefficient (Wildman–Crippen LogP) is 2.49. The summed E-state index contributed by atoms with van der Waals surface area (Å²) in [5.74, 6) is 0.376. The van der Waals surface area contributed by atoms with Gasteiger partial charge in [0.15, 0.2) is 5.13 Å². The van der Waals surface area contributed by atoms with Crippen molar-refractivity contribution in [3.8, 4) is 5.88 Å². The van der Waals surface area contributed by atoms with Crippen molar-refractivity contribution >= 4 is 22.4 Å². The van der Waals surface area contributed by atoms with Crippen LogP contribution in [0.2, 0.25) is 0 Å². The Labute approximate surface area is 155 Å². The number of likely N-dealkylation sites (tertiary alicyclic amines) is 1. The normalized spacial score (nSPS) is 17.9. The number of halogens is 1. The molecule has 7 nitrogen and oxygen atoms in total. The van der Waals surface area contributed by atoms with Crippen LogP contribution in [0.4, 0.5) is 9.52 Å². The minimum Gasteiger partial charge on any atom is -0.479 e. The quantitative estimate of drug-likeness (QED) is 0.831. The number of aromatic nitrogens is 3. The Hall–Kier alpha value is -2.13. The minimum atomic E-state index is -0.540. The molecule has 1 aliphatic heterocycles. The molecule has 0 aromatic carbocycles. The van der Waals surface area contributed by atoms with Crippen LogP contribution in [0.5, 0.6) is 5.88 Å². The maximum atomic E-state index is 13.4. The van der Waals surface area contributed by atoms with Crippen LogP contribution in [0.25, 0.3) is 0 Å². The molecule has 2 aromatic heterocycles.